The fraction of sp³-hybridized carbons (Fsp3) is 0.481. The topological polar surface area (TPSA) is 89.3 Å². The van der Waals surface area contributed by atoms with Crippen molar-refractivity contribution in [3.05, 3.63) is 59.2 Å². The molecule has 8 nitrogen and oxygen atoms in total. The van der Waals surface area contributed by atoms with Gasteiger partial charge in [0.25, 0.3) is 0 Å². The second-order valence-electron chi connectivity index (χ2n) is 9.78. The zero-order chi connectivity index (χ0) is 25.4. The molecule has 3 rings (SSSR count). The van der Waals surface area contributed by atoms with Gasteiger partial charge in [-0.1, -0.05) is 24.3 Å². The Morgan fingerprint density at radius 3 is 2.34 bits per heavy atom. The number of piperazine rings is 1. The largest absolute Gasteiger partial charge is 0.490 e. The maximum absolute atomic E-state index is 12.1. The summed E-state index contributed by atoms with van der Waals surface area (Å²) in [6.07, 6.45) is -0.405. The number of aliphatic hydroxyl groups is 1. The molecular weight excluding hydrogens is 444 g/mol. The molecule has 0 radical (unpaired) electrons. The average molecular weight is 481 g/mol. The number of benzene rings is 2. The van der Waals surface area contributed by atoms with Crippen LogP contribution in [0.2, 0.25) is 0 Å². The molecule has 0 aromatic heterocycles. The van der Waals surface area contributed by atoms with Crippen LogP contribution in [0, 0.1) is 11.3 Å². The highest BCUT2D eigenvalue weighted by Gasteiger charge is 2.21. The minimum atomic E-state index is -0.553. The van der Waals surface area contributed by atoms with Gasteiger partial charge >= 0.3 is 6.09 Å². The van der Waals surface area contributed by atoms with Crippen molar-refractivity contribution >= 4 is 11.8 Å². The van der Waals surface area contributed by atoms with E-state index in [-0.39, 0.29) is 13.2 Å². The highest BCUT2D eigenvalue weighted by atomic mass is 16.6. The minimum Gasteiger partial charge on any atom is -0.490 e. The number of carbonyl (C=O) groups is 1. The number of nitriles is 1. The molecule has 1 aliphatic heterocycles. The summed E-state index contributed by atoms with van der Waals surface area (Å²) in [5.74, 6) is 0.522. The molecule has 1 amide bonds. The van der Waals surface area contributed by atoms with E-state index in [1.165, 1.54) is 10.5 Å². The van der Waals surface area contributed by atoms with Crippen LogP contribution in [-0.2, 0) is 17.9 Å². The maximum Gasteiger partial charge on any atom is 0.410 e. The van der Waals surface area contributed by atoms with E-state index in [2.05, 4.69) is 28.0 Å². The van der Waals surface area contributed by atoms with Crippen molar-refractivity contribution in [1.82, 2.24) is 9.80 Å². The van der Waals surface area contributed by atoms with E-state index in [4.69, 9.17) is 9.47 Å². The number of amides is 1. The highest BCUT2D eigenvalue weighted by molar-refractivity contribution is 5.67. The van der Waals surface area contributed by atoms with Crippen molar-refractivity contribution < 1.29 is 19.4 Å². The van der Waals surface area contributed by atoms with Gasteiger partial charge in [0.15, 0.2) is 0 Å². The number of carbonyl (C=O) groups excluding carboxylic acids is 1. The lowest BCUT2D eigenvalue weighted by molar-refractivity contribution is 0.0278. The van der Waals surface area contributed by atoms with Gasteiger partial charge in [-0.25, -0.2) is 4.79 Å². The third-order valence-electron chi connectivity index (χ3n) is 5.82. The molecule has 1 heterocycles. The first-order chi connectivity index (χ1) is 16.7. The van der Waals surface area contributed by atoms with Crippen molar-refractivity contribution in [2.24, 2.45) is 0 Å². The lowest BCUT2D eigenvalue weighted by atomic mass is 10.1. The predicted molar refractivity (Wildman–Crippen MR) is 135 cm³/mol. The summed E-state index contributed by atoms with van der Waals surface area (Å²) in [5, 5.41) is 18.7. The Morgan fingerprint density at radius 1 is 1.09 bits per heavy atom. The van der Waals surface area contributed by atoms with Gasteiger partial charge < -0.3 is 24.4 Å². The van der Waals surface area contributed by atoms with E-state index in [0.717, 1.165) is 44.0 Å². The number of likely N-dealkylation sites (N-methyl/N-ethyl adjacent to an activating group) is 1. The van der Waals surface area contributed by atoms with E-state index in [1.54, 1.807) is 13.1 Å². The molecule has 0 atom stereocenters. The Hall–Kier alpha value is -3.28. The monoisotopic (exact) mass is 480 g/mol. The zero-order valence-electron chi connectivity index (χ0n) is 21.2. The predicted octanol–water partition coefficient (Wildman–Crippen LogP) is 3.62. The van der Waals surface area contributed by atoms with Crippen LogP contribution >= 0.6 is 0 Å². The normalized spacial score (nSPS) is 14.3. The van der Waals surface area contributed by atoms with Gasteiger partial charge in [-0.3, -0.25) is 4.90 Å². The van der Waals surface area contributed by atoms with Gasteiger partial charge in [0.05, 0.1) is 18.7 Å². The molecular formula is C27H36N4O4. The van der Waals surface area contributed by atoms with E-state index in [1.807, 2.05) is 45.0 Å². The third-order valence-corrected chi connectivity index (χ3v) is 5.82. The zero-order valence-corrected chi connectivity index (χ0v) is 21.2. The Morgan fingerprint density at radius 2 is 1.74 bits per heavy atom. The lowest BCUT2D eigenvalue weighted by Crippen LogP contribution is -2.46. The molecule has 0 unspecified atom stereocenters. The van der Waals surface area contributed by atoms with E-state index in [9.17, 15) is 15.2 Å². The Balaban J connectivity index is 1.53. The van der Waals surface area contributed by atoms with E-state index >= 15 is 0 Å². The van der Waals surface area contributed by atoms with Gasteiger partial charge in [0, 0.05) is 51.5 Å². The first-order valence-corrected chi connectivity index (χ1v) is 12.0. The van der Waals surface area contributed by atoms with Crippen LogP contribution in [0.3, 0.4) is 0 Å². The molecule has 0 aliphatic carbocycles. The molecule has 0 spiro atoms. The second kappa shape index (κ2) is 11.9. The first-order valence-electron chi connectivity index (χ1n) is 12.0. The van der Waals surface area contributed by atoms with Crippen molar-refractivity contribution in [3.8, 4) is 11.8 Å². The molecule has 1 N–H and O–H groups in total. The van der Waals surface area contributed by atoms with Gasteiger partial charge in [-0.2, -0.15) is 5.26 Å². The molecule has 0 saturated carbocycles. The molecule has 188 valence electrons. The summed E-state index contributed by atoms with van der Waals surface area (Å²) in [6.45, 7) is 10.7. The van der Waals surface area contributed by atoms with Crippen molar-refractivity contribution in [2.75, 3.05) is 51.3 Å². The smallest absolute Gasteiger partial charge is 0.410 e. The lowest BCUT2D eigenvalue weighted by Gasteiger charge is -2.36. The van der Waals surface area contributed by atoms with Crippen molar-refractivity contribution in [1.29, 1.82) is 5.26 Å². The van der Waals surface area contributed by atoms with Gasteiger partial charge in [0.2, 0.25) is 0 Å². The second-order valence-corrected chi connectivity index (χ2v) is 9.78. The number of ether oxygens (including phenoxy) is 2. The highest BCUT2D eigenvalue weighted by Crippen LogP contribution is 2.27. The fourth-order valence-corrected chi connectivity index (χ4v) is 3.82. The van der Waals surface area contributed by atoms with Crippen LogP contribution in [0.5, 0.6) is 5.75 Å². The summed E-state index contributed by atoms with van der Waals surface area (Å²) in [5.41, 5.74) is 3.10. The van der Waals surface area contributed by atoms with Crippen LogP contribution in [0.25, 0.3) is 0 Å². The molecule has 1 aliphatic rings. The number of hydrogen-bond acceptors (Lipinski definition) is 7. The Labute approximate surface area is 208 Å². The average Bonchev–Trinajstić information content (AvgIpc) is 2.84. The number of nitrogens with zero attached hydrogens (tertiary/aromatic N) is 4. The summed E-state index contributed by atoms with van der Waals surface area (Å²) in [4.78, 5) is 18.3. The van der Waals surface area contributed by atoms with Gasteiger partial charge in [-0.15, -0.1) is 0 Å². The fourth-order valence-electron chi connectivity index (χ4n) is 3.82. The van der Waals surface area contributed by atoms with Gasteiger partial charge in [-0.05, 0) is 44.0 Å². The molecule has 8 heteroatoms. The van der Waals surface area contributed by atoms with Crippen LogP contribution in [0.15, 0.2) is 42.5 Å². The maximum atomic E-state index is 12.1. The first kappa shape index (κ1) is 26.3. The van der Waals surface area contributed by atoms with Crippen molar-refractivity contribution in [2.45, 2.75) is 39.5 Å². The van der Waals surface area contributed by atoms with E-state index < -0.39 is 11.7 Å². The van der Waals surface area contributed by atoms with E-state index in [0.29, 0.717) is 17.9 Å². The Bertz CT molecular complexity index is 1020. The Kier molecular flexibility index (Phi) is 8.96. The number of aliphatic hydroxyl groups excluding tert-OH is 1. The third kappa shape index (κ3) is 7.88. The molecule has 2 aromatic carbocycles. The van der Waals surface area contributed by atoms with Gasteiger partial charge in [0.1, 0.15) is 24.0 Å². The molecule has 35 heavy (non-hydrogen) atoms. The standard InChI is InChI=1S/C27H36N4O4/c1-27(2,3)35-26(33)29(4)15-16-34-25-17-24(10-9-23(25)18-28)31-13-11-30(12-14-31)19-21-5-7-22(20-32)8-6-21/h5-10,17,32H,11-16,19-20H2,1-4H3. The van der Waals surface area contributed by atoms with Crippen LogP contribution in [0.4, 0.5) is 10.5 Å². The SMILES string of the molecule is CN(CCOc1cc(N2CCN(Cc3ccc(CO)cc3)CC2)ccc1C#N)C(=O)OC(C)(C)C. The minimum absolute atomic E-state index is 0.0652. The molecule has 0 bridgehead atoms. The van der Waals surface area contributed by atoms with Crippen LogP contribution in [-0.4, -0.2) is 73.0 Å². The van der Waals surface area contributed by atoms with Crippen molar-refractivity contribution in [3.63, 3.8) is 0 Å². The summed E-state index contributed by atoms with van der Waals surface area (Å²) in [7, 11) is 1.67. The molecule has 2 aromatic rings. The summed E-state index contributed by atoms with van der Waals surface area (Å²) < 4.78 is 11.3. The summed E-state index contributed by atoms with van der Waals surface area (Å²) >= 11 is 0. The van der Waals surface area contributed by atoms with Crippen LogP contribution < -0.4 is 9.64 Å². The molecule has 1 fully saturated rings. The summed E-state index contributed by atoms with van der Waals surface area (Å²) in [6, 6.07) is 15.9. The van der Waals surface area contributed by atoms with Crippen LogP contribution in [0.1, 0.15) is 37.5 Å². The number of hydrogen-bond donors (Lipinski definition) is 1. The number of anilines is 1. The molecule has 1 saturated heterocycles. The number of rotatable bonds is 8. The quantitative estimate of drug-likeness (QED) is 0.617.